The number of nitrogens with two attached hydrogens (primary N) is 1. The summed E-state index contributed by atoms with van der Waals surface area (Å²) in [7, 11) is 0. The Morgan fingerprint density at radius 2 is 1.95 bits per heavy atom. The Hall–Kier alpha value is -1.30. The number of piperidine rings is 1. The van der Waals surface area contributed by atoms with E-state index in [-0.39, 0.29) is 24.0 Å². The molecule has 20 heavy (non-hydrogen) atoms. The van der Waals surface area contributed by atoms with Gasteiger partial charge in [-0.1, -0.05) is 0 Å². The Morgan fingerprint density at radius 3 is 2.50 bits per heavy atom. The summed E-state index contributed by atoms with van der Waals surface area (Å²) in [4.78, 5) is 26.0. The molecule has 1 saturated carbocycles. The summed E-state index contributed by atoms with van der Waals surface area (Å²) >= 11 is 0. The van der Waals surface area contributed by atoms with Gasteiger partial charge in [-0.05, 0) is 40.5 Å². The molecule has 6 nitrogen and oxygen atoms in total. The normalized spacial score (nSPS) is 32.4. The molecule has 1 aliphatic heterocycles. The SMILES string of the molecule is CCOC(=O)[C@@H]1[C@@H]2C[C@@H](C[C@H]2N)N1C(=O)OC(C)(C)C. The summed E-state index contributed by atoms with van der Waals surface area (Å²) in [5.74, 6) is -0.396. The predicted molar refractivity (Wildman–Crippen MR) is 73.0 cm³/mol. The van der Waals surface area contributed by atoms with Gasteiger partial charge in [-0.15, -0.1) is 0 Å². The van der Waals surface area contributed by atoms with Crippen molar-refractivity contribution >= 4 is 12.1 Å². The van der Waals surface area contributed by atoms with E-state index in [0.29, 0.717) is 6.61 Å². The van der Waals surface area contributed by atoms with E-state index in [4.69, 9.17) is 15.2 Å². The average molecular weight is 284 g/mol. The summed E-state index contributed by atoms with van der Waals surface area (Å²) in [6.45, 7) is 7.48. The van der Waals surface area contributed by atoms with E-state index < -0.39 is 17.7 Å². The number of hydrogen-bond acceptors (Lipinski definition) is 5. The van der Waals surface area contributed by atoms with Gasteiger partial charge in [-0.2, -0.15) is 0 Å². The van der Waals surface area contributed by atoms with Crippen molar-refractivity contribution in [2.45, 2.75) is 64.3 Å². The Labute approximate surface area is 119 Å². The molecule has 1 heterocycles. The van der Waals surface area contributed by atoms with Crippen LogP contribution in [0.4, 0.5) is 4.79 Å². The topological polar surface area (TPSA) is 81.9 Å². The van der Waals surface area contributed by atoms with Gasteiger partial charge >= 0.3 is 12.1 Å². The highest BCUT2D eigenvalue weighted by atomic mass is 16.6. The zero-order valence-electron chi connectivity index (χ0n) is 12.6. The Kier molecular flexibility index (Phi) is 3.95. The van der Waals surface area contributed by atoms with Crippen LogP contribution in [0.1, 0.15) is 40.5 Å². The van der Waals surface area contributed by atoms with E-state index in [9.17, 15) is 9.59 Å². The van der Waals surface area contributed by atoms with Gasteiger partial charge in [0.05, 0.1) is 6.61 Å². The highest BCUT2D eigenvalue weighted by Crippen LogP contribution is 2.42. The van der Waals surface area contributed by atoms with Crippen LogP contribution in [0.5, 0.6) is 0 Å². The average Bonchev–Trinajstić information content (AvgIpc) is 2.82. The van der Waals surface area contributed by atoms with Crippen LogP contribution >= 0.6 is 0 Å². The molecule has 1 aliphatic carbocycles. The third kappa shape index (κ3) is 2.75. The largest absolute Gasteiger partial charge is 0.464 e. The van der Waals surface area contributed by atoms with Crippen molar-refractivity contribution in [3.63, 3.8) is 0 Å². The van der Waals surface area contributed by atoms with E-state index >= 15 is 0 Å². The standard InChI is InChI=1S/C14H24N2O4/c1-5-19-12(17)11-9-6-8(7-10(9)15)16(11)13(18)20-14(2,3)4/h8-11H,5-7,15H2,1-4H3/t8-,9+,10+,11-/m0/s1. The fraction of sp³-hybridized carbons (Fsp3) is 0.857. The molecule has 1 saturated heterocycles. The van der Waals surface area contributed by atoms with E-state index in [2.05, 4.69) is 0 Å². The molecule has 0 aromatic heterocycles. The van der Waals surface area contributed by atoms with Crippen molar-refractivity contribution in [3.05, 3.63) is 0 Å². The molecule has 0 aromatic rings. The molecule has 1 amide bonds. The summed E-state index contributed by atoms with van der Waals surface area (Å²) in [6, 6.07) is -0.661. The molecule has 114 valence electrons. The minimum atomic E-state index is -0.599. The molecule has 0 unspecified atom stereocenters. The Morgan fingerprint density at radius 1 is 1.30 bits per heavy atom. The Bertz CT molecular complexity index is 404. The number of fused-ring (bicyclic) bond motifs is 2. The maximum Gasteiger partial charge on any atom is 0.411 e. The van der Waals surface area contributed by atoms with Gasteiger partial charge in [0, 0.05) is 18.0 Å². The van der Waals surface area contributed by atoms with E-state index in [1.807, 2.05) is 20.8 Å². The van der Waals surface area contributed by atoms with Crippen LogP contribution < -0.4 is 5.73 Å². The smallest absolute Gasteiger partial charge is 0.411 e. The lowest BCUT2D eigenvalue weighted by molar-refractivity contribution is -0.151. The van der Waals surface area contributed by atoms with Gasteiger partial charge < -0.3 is 15.2 Å². The number of carbonyl (C=O) groups is 2. The first-order chi connectivity index (χ1) is 9.24. The van der Waals surface area contributed by atoms with Crippen molar-refractivity contribution in [1.29, 1.82) is 0 Å². The maximum atomic E-state index is 12.3. The monoisotopic (exact) mass is 284 g/mol. The van der Waals surface area contributed by atoms with Crippen LogP contribution in [0.15, 0.2) is 0 Å². The van der Waals surface area contributed by atoms with Gasteiger partial charge in [0.1, 0.15) is 11.6 Å². The van der Waals surface area contributed by atoms with Gasteiger partial charge in [-0.3, -0.25) is 4.90 Å². The third-order valence-electron chi connectivity index (χ3n) is 3.87. The second kappa shape index (κ2) is 5.24. The number of nitrogens with zero attached hydrogens (tertiary/aromatic N) is 1. The third-order valence-corrected chi connectivity index (χ3v) is 3.87. The second-order valence-corrected chi connectivity index (χ2v) is 6.54. The number of likely N-dealkylation sites (tertiary alicyclic amines) is 1. The van der Waals surface area contributed by atoms with Gasteiger partial charge in [0.25, 0.3) is 0 Å². The predicted octanol–water partition coefficient (Wildman–Crippen LogP) is 1.27. The van der Waals surface area contributed by atoms with Crippen molar-refractivity contribution in [1.82, 2.24) is 4.90 Å². The summed E-state index contributed by atoms with van der Waals surface area (Å²) < 4.78 is 10.5. The fourth-order valence-corrected chi connectivity index (χ4v) is 3.19. The molecular weight excluding hydrogens is 260 g/mol. The summed E-state index contributed by atoms with van der Waals surface area (Å²) in [5, 5.41) is 0. The summed E-state index contributed by atoms with van der Waals surface area (Å²) in [6.07, 6.45) is 1.03. The number of ether oxygens (including phenoxy) is 2. The molecule has 2 N–H and O–H groups in total. The van der Waals surface area contributed by atoms with Crippen molar-refractivity contribution in [3.8, 4) is 0 Å². The zero-order chi connectivity index (χ0) is 15.1. The van der Waals surface area contributed by atoms with Gasteiger partial charge in [0.2, 0.25) is 0 Å². The first kappa shape index (κ1) is 15.1. The molecule has 2 bridgehead atoms. The molecule has 2 fully saturated rings. The van der Waals surface area contributed by atoms with Crippen molar-refractivity contribution in [2.24, 2.45) is 11.7 Å². The lowest BCUT2D eigenvalue weighted by Gasteiger charge is -2.37. The second-order valence-electron chi connectivity index (χ2n) is 6.54. The van der Waals surface area contributed by atoms with E-state index in [1.54, 1.807) is 6.92 Å². The van der Waals surface area contributed by atoms with Crippen LogP contribution in [0.25, 0.3) is 0 Å². The molecule has 0 aromatic carbocycles. The van der Waals surface area contributed by atoms with E-state index in [1.165, 1.54) is 4.90 Å². The fourth-order valence-electron chi connectivity index (χ4n) is 3.19. The van der Waals surface area contributed by atoms with Crippen LogP contribution in [-0.4, -0.2) is 47.3 Å². The highest BCUT2D eigenvalue weighted by Gasteiger charge is 2.56. The molecule has 4 atom stereocenters. The van der Waals surface area contributed by atoms with Crippen molar-refractivity contribution < 1.29 is 19.1 Å². The number of rotatable bonds is 2. The first-order valence-corrected chi connectivity index (χ1v) is 7.18. The van der Waals surface area contributed by atoms with Gasteiger partial charge in [-0.25, -0.2) is 9.59 Å². The summed E-state index contributed by atoms with van der Waals surface area (Å²) in [5.41, 5.74) is 5.46. The number of carbonyl (C=O) groups excluding carboxylic acids is 2. The molecular formula is C14H24N2O4. The maximum absolute atomic E-state index is 12.3. The van der Waals surface area contributed by atoms with Crippen LogP contribution in [-0.2, 0) is 14.3 Å². The number of amides is 1. The first-order valence-electron chi connectivity index (χ1n) is 7.18. The van der Waals surface area contributed by atoms with Crippen molar-refractivity contribution in [2.75, 3.05) is 6.61 Å². The highest BCUT2D eigenvalue weighted by molar-refractivity contribution is 5.83. The molecule has 0 radical (unpaired) electrons. The minimum Gasteiger partial charge on any atom is -0.464 e. The van der Waals surface area contributed by atoms with Crippen LogP contribution in [0, 0.1) is 5.92 Å². The lowest BCUT2D eigenvalue weighted by atomic mass is 9.94. The molecule has 2 aliphatic rings. The molecule has 0 spiro atoms. The van der Waals surface area contributed by atoms with Gasteiger partial charge in [0.15, 0.2) is 0 Å². The zero-order valence-corrected chi connectivity index (χ0v) is 12.6. The Balaban J connectivity index is 2.17. The van der Waals surface area contributed by atoms with Crippen LogP contribution in [0.2, 0.25) is 0 Å². The quantitative estimate of drug-likeness (QED) is 0.772. The molecule has 6 heteroatoms. The number of hydrogen-bond donors (Lipinski definition) is 1. The minimum absolute atomic E-state index is 0.0146. The number of esters is 1. The van der Waals surface area contributed by atoms with Crippen LogP contribution in [0.3, 0.4) is 0 Å². The lowest BCUT2D eigenvalue weighted by Crippen LogP contribution is -2.55. The molecule has 2 rings (SSSR count). The van der Waals surface area contributed by atoms with E-state index in [0.717, 1.165) is 12.8 Å².